The minimum Gasteiger partial charge on any atom is -0.495 e. The van der Waals surface area contributed by atoms with Crippen molar-refractivity contribution in [2.75, 3.05) is 24.7 Å². The largest absolute Gasteiger partial charge is 0.495 e. The number of nitrogens with two attached hydrogens (primary N) is 1. The van der Waals surface area contributed by atoms with E-state index in [-0.39, 0.29) is 6.10 Å². The Labute approximate surface area is 109 Å². The van der Waals surface area contributed by atoms with Gasteiger partial charge in [0.15, 0.2) is 0 Å². The number of benzene rings is 1. The van der Waals surface area contributed by atoms with Gasteiger partial charge in [0.05, 0.1) is 18.9 Å². The molecule has 0 fully saturated rings. The Morgan fingerprint density at radius 3 is 2.56 bits per heavy atom. The number of anilines is 2. The summed E-state index contributed by atoms with van der Waals surface area (Å²) in [6.07, 6.45) is 1.65. The highest BCUT2D eigenvalue weighted by Crippen LogP contribution is 2.25. The molecule has 1 atom stereocenters. The predicted molar refractivity (Wildman–Crippen MR) is 76.0 cm³/mol. The SMILES string of the molecule is CCC(CC)C(O)CNc1ccc(N)c(OC)c1. The minimum absolute atomic E-state index is 0.330. The standard InChI is InChI=1S/C14H24N2O2/c1-4-10(5-2)13(17)9-16-11-6-7-12(15)14(8-11)18-3/h6-8,10,13,16-17H,4-5,9,15H2,1-3H3. The number of nitrogen functional groups attached to an aromatic ring is 1. The molecule has 0 amide bonds. The molecule has 18 heavy (non-hydrogen) atoms. The van der Waals surface area contributed by atoms with Crippen LogP contribution in [0, 0.1) is 5.92 Å². The lowest BCUT2D eigenvalue weighted by molar-refractivity contribution is 0.114. The molecule has 0 bridgehead atoms. The Kier molecular flexibility index (Phi) is 5.78. The number of hydrogen-bond acceptors (Lipinski definition) is 4. The van der Waals surface area contributed by atoms with E-state index in [4.69, 9.17) is 10.5 Å². The highest BCUT2D eigenvalue weighted by molar-refractivity contribution is 5.61. The normalized spacial score (nSPS) is 12.5. The van der Waals surface area contributed by atoms with Gasteiger partial charge in [-0.15, -0.1) is 0 Å². The molecule has 0 spiro atoms. The van der Waals surface area contributed by atoms with Crippen LogP contribution in [0.25, 0.3) is 0 Å². The summed E-state index contributed by atoms with van der Waals surface area (Å²) in [5.74, 6) is 0.991. The Balaban J connectivity index is 2.58. The number of aliphatic hydroxyl groups excluding tert-OH is 1. The first-order chi connectivity index (χ1) is 8.62. The molecule has 4 N–H and O–H groups in total. The third-order valence-corrected chi connectivity index (χ3v) is 3.34. The van der Waals surface area contributed by atoms with E-state index in [1.165, 1.54) is 0 Å². The number of hydrogen-bond donors (Lipinski definition) is 3. The van der Waals surface area contributed by atoms with E-state index < -0.39 is 0 Å². The van der Waals surface area contributed by atoms with Gasteiger partial charge in [-0.2, -0.15) is 0 Å². The average molecular weight is 252 g/mol. The van der Waals surface area contributed by atoms with Gasteiger partial charge in [0.1, 0.15) is 5.75 Å². The first-order valence-corrected chi connectivity index (χ1v) is 6.47. The highest BCUT2D eigenvalue weighted by Gasteiger charge is 2.15. The van der Waals surface area contributed by atoms with Gasteiger partial charge in [-0.1, -0.05) is 26.7 Å². The third-order valence-electron chi connectivity index (χ3n) is 3.34. The maximum atomic E-state index is 10.0. The average Bonchev–Trinajstić information content (AvgIpc) is 2.39. The Bertz CT molecular complexity index is 365. The zero-order valence-electron chi connectivity index (χ0n) is 11.4. The fraction of sp³-hybridized carbons (Fsp3) is 0.571. The van der Waals surface area contributed by atoms with Crippen molar-refractivity contribution in [1.29, 1.82) is 0 Å². The van der Waals surface area contributed by atoms with Crippen molar-refractivity contribution in [3.8, 4) is 5.75 Å². The summed E-state index contributed by atoms with van der Waals surface area (Å²) < 4.78 is 5.15. The predicted octanol–water partition coefficient (Wildman–Crippen LogP) is 2.49. The summed E-state index contributed by atoms with van der Waals surface area (Å²) in [4.78, 5) is 0. The van der Waals surface area contributed by atoms with Crippen molar-refractivity contribution < 1.29 is 9.84 Å². The fourth-order valence-corrected chi connectivity index (χ4v) is 2.04. The Morgan fingerprint density at radius 1 is 1.33 bits per heavy atom. The van der Waals surface area contributed by atoms with Crippen LogP contribution in [0.2, 0.25) is 0 Å². The lowest BCUT2D eigenvalue weighted by atomic mass is 9.96. The van der Waals surface area contributed by atoms with Gasteiger partial charge in [0.2, 0.25) is 0 Å². The summed E-state index contributed by atoms with van der Waals surface area (Å²) in [5, 5.41) is 13.2. The topological polar surface area (TPSA) is 67.5 Å². The van der Waals surface area contributed by atoms with Gasteiger partial charge in [-0.25, -0.2) is 0 Å². The second kappa shape index (κ2) is 7.11. The zero-order chi connectivity index (χ0) is 13.5. The molecule has 0 saturated heterocycles. The molecule has 0 saturated carbocycles. The number of nitrogens with one attached hydrogen (secondary N) is 1. The van der Waals surface area contributed by atoms with Gasteiger partial charge in [0, 0.05) is 18.3 Å². The number of ether oxygens (including phenoxy) is 1. The summed E-state index contributed by atoms with van der Waals surface area (Å²) in [6, 6.07) is 5.52. The molecule has 1 aromatic carbocycles. The second-order valence-electron chi connectivity index (χ2n) is 4.48. The van der Waals surface area contributed by atoms with E-state index in [0.717, 1.165) is 18.5 Å². The number of methoxy groups -OCH3 is 1. The Hall–Kier alpha value is -1.42. The molecule has 0 aromatic heterocycles. The number of rotatable bonds is 7. The summed E-state index contributed by atoms with van der Waals surface area (Å²) >= 11 is 0. The molecule has 1 unspecified atom stereocenters. The molecule has 0 aliphatic heterocycles. The van der Waals surface area contributed by atoms with E-state index in [2.05, 4.69) is 19.2 Å². The zero-order valence-corrected chi connectivity index (χ0v) is 11.4. The highest BCUT2D eigenvalue weighted by atomic mass is 16.5. The monoisotopic (exact) mass is 252 g/mol. The van der Waals surface area contributed by atoms with Crippen molar-refractivity contribution in [2.24, 2.45) is 5.92 Å². The van der Waals surface area contributed by atoms with Crippen LogP contribution in [-0.2, 0) is 0 Å². The van der Waals surface area contributed by atoms with Gasteiger partial charge in [-0.3, -0.25) is 0 Å². The lowest BCUT2D eigenvalue weighted by Gasteiger charge is -2.21. The Morgan fingerprint density at radius 2 is 2.00 bits per heavy atom. The lowest BCUT2D eigenvalue weighted by Crippen LogP contribution is -2.27. The van der Waals surface area contributed by atoms with Crippen LogP contribution in [0.4, 0.5) is 11.4 Å². The van der Waals surface area contributed by atoms with Crippen LogP contribution in [0.15, 0.2) is 18.2 Å². The van der Waals surface area contributed by atoms with Crippen LogP contribution in [0.3, 0.4) is 0 Å². The molecule has 0 aliphatic rings. The number of aliphatic hydroxyl groups is 1. The van der Waals surface area contributed by atoms with Crippen molar-refractivity contribution in [2.45, 2.75) is 32.8 Å². The van der Waals surface area contributed by atoms with Crippen LogP contribution in [0.5, 0.6) is 5.75 Å². The van der Waals surface area contributed by atoms with E-state index in [1.807, 2.05) is 12.1 Å². The van der Waals surface area contributed by atoms with Gasteiger partial charge in [0.25, 0.3) is 0 Å². The maximum absolute atomic E-state index is 10.0. The second-order valence-corrected chi connectivity index (χ2v) is 4.48. The van der Waals surface area contributed by atoms with Crippen molar-refractivity contribution >= 4 is 11.4 Å². The summed E-state index contributed by atoms with van der Waals surface area (Å²) in [6.45, 7) is 4.74. The van der Waals surface area contributed by atoms with E-state index in [0.29, 0.717) is 23.9 Å². The summed E-state index contributed by atoms with van der Waals surface area (Å²) in [7, 11) is 1.59. The molecule has 0 aliphatic carbocycles. The molecular weight excluding hydrogens is 228 g/mol. The molecule has 102 valence electrons. The van der Waals surface area contributed by atoms with Gasteiger partial charge >= 0.3 is 0 Å². The fourth-order valence-electron chi connectivity index (χ4n) is 2.04. The van der Waals surface area contributed by atoms with E-state index >= 15 is 0 Å². The summed E-state index contributed by atoms with van der Waals surface area (Å²) in [5.41, 5.74) is 7.27. The van der Waals surface area contributed by atoms with E-state index in [9.17, 15) is 5.11 Å². The van der Waals surface area contributed by atoms with Crippen molar-refractivity contribution in [3.63, 3.8) is 0 Å². The van der Waals surface area contributed by atoms with Crippen LogP contribution < -0.4 is 15.8 Å². The smallest absolute Gasteiger partial charge is 0.143 e. The van der Waals surface area contributed by atoms with Gasteiger partial charge < -0.3 is 20.9 Å². The minimum atomic E-state index is -0.330. The molecule has 4 heteroatoms. The van der Waals surface area contributed by atoms with Gasteiger partial charge in [-0.05, 0) is 18.1 Å². The first kappa shape index (κ1) is 14.6. The van der Waals surface area contributed by atoms with E-state index in [1.54, 1.807) is 13.2 Å². The van der Waals surface area contributed by atoms with Crippen molar-refractivity contribution in [1.82, 2.24) is 0 Å². The quantitative estimate of drug-likeness (QED) is 0.652. The molecule has 0 radical (unpaired) electrons. The van der Waals surface area contributed by atoms with Crippen LogP contribution in [-0.4, -0.2) is 24.9 Å². The molecule has 0 heterocycles. The first-order valence-electron chi connectivity index (χ1n) is 6.47. The molecule has 1 rings (SSSR count). The third kappa shape index (κ3) is 3.81. The van der Waals surface area contributed by atoms with Crippen LogP contribution in [0.1, 0.15) is 26.7 Å². The molecular formula is C14H24N2O2. The molecule has 4 nitrogen and oxygen atoms in total. The molecule has 1 aromatic rings. The maximum Gasteiger partial charge on any atom is 0.143 e. The van der Waals surface area contributed by atoms with Crippen LogP contribution >= 0.6 is 0 Å². The van der Waals surface area contributed by atoms with Crippen molar-refractivity contribution in [3.05, 3.63) is 18.2 Å².